The standard InChI is InChI=1S/C16H21NOS/c1-12(13-8-10-15(19-2)11-9-13)17-16(18)14-6-4-3-5-7-14/h3-4,8-12,14H,5-7H2,1-2H3,(H,17,18). The second-order valence-electron chi connectivity index (χ2n) is 4.98. The third-order valence-electron chi connectivity index (χ3n) is 3.61. The Morgan fingerprint density at radius 3 is 2.63 bits per heavy atom. The molecule has 3 heteroatoms. The van der Waals surface area contributed by atoms with Gasteiger partial charge in [-0.25, -0.2) is 0 Å². The van der Waals surface area contributed by atoms with Gasteiger partial charge in [-0.05, 0) is 50.1 Å². The molecule has 0 fully saturated rings. The predicted octanol–water partition coefficient (Wildman–Crippen LogP) is 3.94. The Labute approximate surface area is 119 Å². The lowest BCUT2D eigenvalue weighted by atomic mass is 9.93. The number of hydrogen-bond donors (Lipinski definition) is 1. The number of nitrogens with one attached hydrogen (secondary N) is 1. The molecular formula is C16H21NOS. The van der Waals surface area contributed by atoms with E-state index in [-0.39, 0.29) is 17.9 Å². The molecule has 1 N–H and O–H groups in total. The summed E-state index contributed by atoms with van der Waals surface area (Å²) in [7, 11) is 0. The SMILES string of the molecule is CSc1ccc(C(C)NC(=O)C2CC=CCC2)cc1. The molecule has 0 radical (unpaired) electrons. The first-order valence-corrected chi connectivity index (χ1v) is 8.02. The molecule has 2 rings (SSSR count). The van der Waals surface area contributed by atoms with Crippen LogP contribution in [0.15, 0.2) is 41.3 Å². The summed E-state index contributed by atoms with van der Waals surface area (Å²) in [5.74, 6) is 0.337. The van der Waals surface area contributed by atoms with E-state index in [1.807, 2.05) is 6.92 Å². The molecule has 0 heterocycles. The van der Waals surface area contributed by atoms with Crippen LogP contribution in [-0.4, -0.2) is 12.2 Å². The number of allylic oxidation sites excluding steroid dienone is 2. The molecular weight excluding hydrogens is 254 g/mol. The van der Waals surface area contributed by atoms with E-state index < -0.39 is 0 Å². The van der Waals surface area contributed by atoms with Crippen LogP contribution in [0.4, 0.5) is 0 Å². The van der Waals surface area contributed by atoms with E-state index >= 15 is 0 Å². The molecule has 1 amide bonds. The molecule has 1 aromatic rings. The van der Waals surface area contributed by atoms with Gasteiger partial charge in [0.15, 0.2) is 0 Å². The monoisotopic (exact) mass is 275 g/mol. The van der Waals surface area contributed by atoms with E-state index in [1.54, 1.807) is 11.8 Å². The lowest BCUT2D eigenvalue weighted by molar-refractivity contribution is -0.125. The van der Waals surface area contributed by atoms with E-state index in [1.165, 1.54) is 4.90 Å². The fourth-order valence-electron chi connectivity index (χ4n) is 2.34. The molecule has 102 valence electrons. The summed E-state index contributed by atoms with van der Waals surface area (Å²) in [5.41, 5.74) is 1.16. The highest BCUT2D eigenvalue weighted by Gasteiger charge is 2.20. The van der Waals surface area contributed by atoms with Crippen LogP contribution in [0.3, 0.4) is 0 Å². The minimum Gasteiger partial charge on any atom is -0.349 e. The van der Waals surface area contributed by atoms with Gasteiger partial charge in [-0.15, -0.1) is 11.8 Å². The summed E-state index contributed by atoms with van der Waals surface area (Å²) in [4.78, 5) is 13.4. The minimum absolute atomic E-state index is 0.0781. The molecule has 19 heavy (non-hydrogen) atoms. The largest absolute Gasteiger partial charge is 0.349 e. The van der Waals surface area contributed by atoms with Crippen LogP contribution in [0.2, 0.25) is 0 Å². The maximum atomic E-state index is 12.2. The quantitative estimate of drug-likeness (QED) is 0.666. The molecule has 0 aromatic heterocycles. The summed E-state index contributed by atoms with van der Waals surface area (Å²) in [6.07, 6.45) is 9.22. The Morgan fingerprint density at radius 1 is 1.32 bits per heavy atom. The van der Waals surface area contributed by atoms with Crippen molar-refractivity contribution < 1.29 is 4.79 Å². The van der Waals surface area contributed by atoms with Gasteiger partial charge in [0.05, 0.1) is 6.04 Å². The van der Waals surface area contributed by atoms with Crippen LogP contribution >= 0.6 is 11.8 Å². The van der Waals surface area contributed by atoms with Crippen molar-refractivity contribution in [2.75, 3.05) is 6.26 Å². The molecule has 0 bridgehead atoms. The summed E-state index contributed by atoms with van der Waals surface area (Å²) < 4.78 is 0. The van der Waals surface area contributed by atoms with Crippen molar-refractivity contribution in [3.8, 4) is 0 Å². The molecule has 2 nitrogen and oxygen atoms in total. The van der Waals surface area contributed by atoms with Crippen molar-refractivity contribution >= 4 is 17.7 Å². The molecule has 2 unspecified atom stereocenters. The topological polar surface area (TPSA) is 29.1 Å². The first-order valence-electron chi connectivity index (χ1n) is 6.80. The molecule has 1 aliphatic rings. The normalized spacial score (nSPS) is 20.0. The summed E-state index contributed by atoms with van der Waals surface area (Å²) >= 11 is 1.73. The van der Waals surface area contributed by atoms with Crippen LogP contribution < -0.4 is 5.32 Å². The third kappa shape index (κ3) is 3.87. The van der Waals surface area contributed by atoms with E-state index in [4.69, 9.17) is 0 Å². The van der Waals surface area contributed by atoms with Gasteiger partial charge in [0.2, 0.25) is 5.91 Å². The van der Waals surface area contributed by atoms with Gasteiger partial charge in [-0.1, -0.05) is 24.3 Å². The second kappa shape index (κ2) is 6.80. The van der Waals surface area contributed by atoms with Crippen molar-refractivity contribution in [1.29, 1.82) is 0 Å². The van der Waals surface area contributed by atoms with E-state index in [0.29, 0.717) is 0 Å². The van der Waals surface area contributed by atoms with Gasteiger partial charge >= 0.3 is 0 Å². The van der Waals surface area contributed by atoms with E-state index in [2.05, 4.69) is 48.0 Å². The fourth-order valence-corrected chi connectivity index (χ4v) is 2.75. The summed E-state index contributed by atoms with van der Waals surface area (Å²) in [6.45, 7) is 2.05. The second-order valence-corrected chi connectivity index (χ2v) is 5.86. The number of amides is 1. The Morgan fingerprint density at radius 2 is 2.05 bits per heavy atom. The van der Waals surface area contributed by atoms with Crippen molar-refractivity contribution in [3.05, 3.63) is 42.0 Å². The Kier molecular flexibility index (Phi) is 5.08. The average molecular weight is 275 g/mol. The van der Waals surface area contributed by atoms with Crippen molar-refractivity contribution in [2.45, 2.75) is 37.1 Å². The average Bonchev–Trinajstić information content (AvgIpc) is 2.48. The van der Waals surface area contributed by atoms with Gasteiger partial charge in [0, 0.05) is 10.8 Å². The minimum atomic E-state index is 0.0781. The third-order valence-corrected chi connectivity index (χ3v) is 4.36. The van der Waals surface area contributed by atoms with Crippen LogP contribution in [-0.2, 0) is 4.79 Å². The molecule has 0 saturated carbocycles. The molecule has 2 atom stereocenters. The van der Waals surface area contributed by atoms with Crippen LogP contribution in [0.5, 0.6) is 0 Å². The molecule has 1 aromatic carbocycles. The zero-order chi connectivity index (χ0) is 13.7. The van der Waals surface area contributed by atoms with Gasteiger partial charge < -0.3 is 5.32 Å². The lowest BCUT2D eigenvalue weighted by Gasteiger charge is -2.21. The van der Waals surface area contributed by atoms with Crippen molar-refractivity contribution in [2.24, 2.45) is 5.92 Å². The summed E-state index contributed by atoms with van der Waals surface area (Å²) in [6, 6.07) is 8.47. The van der Waals surface area contributed by atoms with Gasteiger partial charge in [-0.2, -0.15) is 0 Å². The fraction of sp³-hybridized carbons (Fsp3) is 0.438. The lowest BCUT2D eigenvalue weighted by Crippen LogP contribution is -2.33. The number of thioether (sulfide) groups is 1. The number of carbonyl (C=O) groups excluding carboxylic acids is 1. The zero-order valence-electron chi connectivity index (χ0n) is 11.6. The predicted molar refractivity (Wildman–Crippen MR) is 81.3 cm³/mol. The van der Waals surface area contributed by atoms with E-state index in [9.17, 15) is 4.79 Å². The number of hydrogen-bond acceptors (Lipinski definition) is 2. The maximum Gasteiger partial charge on any atom is 0.223 e. The van der Waals surface area contributed by atoms with E-state index in [0.717, 1.165) is 24.8 Å². The highest BCUT2D eigenvalue weighted by atomic mass is 32.2. The first kappa shape index (κ1) is 14.2. The smallest absolute Gasteiger partial charge is 0.223 e. The summed E-state index contributed by atoms with van der Waals surface area (Å²) in [5, 5.41) is 3.12. The Bertz CT molecular complexity index is 452. The first-order chi connectivity index (χ1) is 9.20. The van der Waals surface area contributed by atoms with Crippen molar-refractivity contribution in [3.63, 3.8) is 0 Å². The van der Waals surface area contributed by atoms with Gasteiger partial charge in [0.1, 0.15) is 0 Å². The van der Waals surface area contributed by atoms with Crippen molar-refractivity contribution in [1.82, 2.24) is 5.32 Å². The number of carbonyl (C=O) groups is 1. The molecule has 0 aliphatic heterocycles. The highest BCUT2D eigenvalue weighted by Crippen LogP contribution is 2.22. The van der Waals surface area contributed by atoms with Crippen LogP contribution in [0.25, 0.3) is 0 Å². The van der Waals surface area contributed by atoms with Gasteiger partial charge in [-0.3, -0.25) is 4.79 Å². The van der Waals surface area contributed by atoms with Gasteiger partial charge in [0.25, 0.3) is 0 Å². The van der Waals surface area contributed by atoms with Crippen LogP contribution in [0, 0.1) is 5.92 Å². The number of rotatable bonds is 4. The molecule has 1 aliphatic carbocycles. The highest BCUT2D eigenvalue weighted by molar-refractivity contribution is 7.98. The number of benzene rings is 1. The zero-order valence-corrected chi connectivity index (χ0v) is 12.4. The maximum absolute atomic E-state index is 12.2. The Hall–Kier alpha value is -1.22. The Balaban J connectivity index is 1.93. The molecule has 0 spiro atoms. The van der Waals surface area contributed by atoms with Crippen LogP contribution in [0.1, 0.15) is 37.8 Å². The molecule has 0 saturated heterocycles.